The molecule has 6 nitrogen and oxygen atoms in total. The zero-order chi connectivity index (χ0) is 15.1. The second-order valence-electron chi connectivity index (χ2n) is 5.88. The van der Waals surface area contributed by atoms with E-state index in [1.54, 1.807) is 4.68 Å². The average molecular weight is 288 g/mol. The number of ether oxygens (including phenoxy) is 1. The first-order valence-electron chi connectivity index (χ1n) is 7.19. The van der Waals surface area contributed by atoms with Gasteiger partial charge in [-0.15, -0.1) is 5.10 Å². The number of amides is 1. The maximum atomic E-state index is 11.8. The molecule has 0 saturated heterocycles. The smallest absolute Gasteiger partial charge is 0.258 e. The Morgan fingerprint density at radius 2 is 2.24 bits per heavy atom. The molecule has 6 heteroatoms. The maximum absolute atomic E-state index is 11.8. The van der Waals surface area contributed by atoms with Crippen LogP contribution in [0.4, 0.5) is 0 Å². The van der Waals surface area contributed by atoms with Gasteiger partial charge in [-0.1, -0.05) is 6.92 Å². The molecule has 2 heterocycles. The van der Waals surface area contributed by atoms with Crippen LogP contribution in [0.5, 0.6) is 5.88 Å². The van der Waals surface area contributed by atoms with Gasteiger partial charge in [-0.2, -0.15) is 0 Å². The van der Waals surface area contributed by atoms with Gasteiger partial charge in [-0.25, -0.2) is 9.67 Å². The Balaban J connectivity index is 1.76. The Labute approximate surface area is 123 Å². The van der Waals surface area contributed by atoms with Gasteiger partial charge < -0.3 is 10.1 Å². The standard InChI is InChI=1S/C15H20N4O2/c1-8-6-11(8)17-12(20)7-21-15-13-9(2)5-10(3)16-14(13)19(4)18-15/h5,8,11H,6-7H2,1-4H3,(H,17,20). The van der Waals surface area contributed by atoms with E-state index in [0.717, 1.165) is 28.7 Å². The van der Waals surface area contributed by atoms with E-state index < -0.39 is 0 Å². The van der Waals surface area contributed by atoms with Crippen molar-refractivity contribution in [2.24, 2.45) is 13.0 Å². The first-order chi connectivity index (χ1) is 9.95. The van der Waals surface area contributed by atoms with Gasteiger partial charge in [0.05, 0.1) is 5.39 Å². The second kappa shape index (κ2) is 5.02. The molecule has 0 radical (unpaired) electrons. The Morgan fingerprint density at radius 1 is 1.52 bits per heavy atom. The summed E-state index contributed by atoms with van der Waals surface area (Å²) in [6.45, 7) is 6.06. The van der Waals surface area contributed by atoms with Crippen molar-refractivity contribution in [1.82, 2.24) is 20.1 Å². The molecule has 0 aromatic carbocycles. The molecule has 112 valence electrons. The third-order valence-electron chi connectivity index (χ3n) is 3.88. The second-order valence-corrected chi connectivity index (χ2v) is 5.88. The third-order valence-corrected chi connectivity index (χ3v) is 3.88. The summed E-state index contributed by atoms with van der Waals surface area (Å²) >= 11 is 0. The molecule has 1 amide bonds. The average Bonchev–Trinajstić information content (AvgIpc) is 2.98. The number of nitrogens with one attached hydrogen (secondary N) is 1. The van der Waals surface area contributed by atoms with E-state index in [-0.39, 0.29) is 12.5 Å². The zero-order valence-electron chi connectivity index (χ0n) is 12.8. The Morgan fingerprint density at radius 3 is 2.90 bits per heavy atom. The van der Waals surface area contributed by atoms with Gasteiger partial charge in [0.25, 0.3) is 5.91 Å². The molecule has 21 heavy (non-hydrogen) atoms. The van der Waals surface area contributed by atoms with E-state index in [1.165, 1.54) is 0 Å². The first-order valence-corrected chi connectivity index (χ1v) is 7.19. The quantitative estimate of drug-likeness (QED) is 0.925. The largest absolute Gasteiger partial charge is 0.466 e. The van der Waals surface area contributed by atoms with Gasteiger partial charge in [0.2, 0.25) is 5.88 Å². The lowest BCUT2D eigenvalue weighted by atomic mass is 10.2. The molecule has 2 atom stereocenters. The number of nitrogens with zero attached hydrogens (tertiary/aromatic N) is 3. The molecule has 3 rings (SSSR count). The molecule has 1 N–H and O–H groups in total. The van der Waals surface area contributed by atoms with Crippen LogP contribution in [0, 0.1) is 19.8 Å². The molecule has 1 aliphatic rings. The molecule has 1 fully saturated rings. The molecule has 1 saturated carbocycles. The molecule has 2 unspecified atom stereocenters. The van der Waals surface area contributed by atoms with Crippen LogP contribution in [0.15, 0.2) is 6.07 Å². The number of aryl methyl sites for hydroxylation is 3. The van der Waals surface area contributed by atoms with Crippen LogP contribution < -0.4 is 10.1 Å². The molecule has 0 spiro atoms. The predicted octanol–water partition coefficient (Wildman–Crippen LogP) is 1.49. The highest BCUT2D eigenvalue weighted by atomic mass is 16.5. The van der Waals surface area contributed by atoms with Crippen LogP contribution in [0.2, 0.25) is 0 Å². The molecular formula is C15H20N4O2. The molecule has 0 aliphatic heterocycles. The minimum atomic E-state index is -0.0964. The van der Waals surface area contributed by atoms with Crippen LogP contribution in [0.3, 0.4) is 0 Å². The van der Waals surface area contributed by atoms with Crippen LogP contribution in [0.1, 0.15) is 24.6 Å². The summed E-state index contributed by atoms with van der Waals surface area (Å²) in [6.07, 6.45) is 1.06. The number of fused-ring (bicyclic) bond motifs is 1. The van der Waals surface area contributed by atoms with E-state index in [9.17, 15) is 4.79 Å². The topological polar surface area (TPSA) is 69.0 Å². The Kier molecular flexibility index (Phi) is 3.31. The van der Waals surface area contributed by atoms with Gasteiger partial charge in [0.15, 0.2) is 12.3 Å². The van der Waals surface area contributed by atoms with Crippen molar-refractivity contribution in [3.8, 4) is 5.88 Å². The van der Waals surface area contributed by atoms with Crippen LogP contribution in [-0.4, -0.2) is 33.3 Å². The van der Waals surface area contributed by atoms with E-state index >= 15 is 0 Å². The first kappa shape index (κ1) is 13.9. The fourth-order valence-electron chi connectivity index (χ4n) is 2.56. The number of carbonyl (C=O) groups excluding carboxylic acids is 1. The number of aromatic nitrogens is 3. The van der Waals surface area contributed by atoms with E-state index in [2.05, 4.69) is 22.3 Å². The summed E-state index contributed by atoms with van der Waals surface area (Å²) in [5.41, 5.74) is 2.77. The van der Waals surface area contributed by atoms with Crippen molar-refractivity contribution < 1.29 is 9.53 Å². The highest BCUT2D eigenvalue weighted by Gasteiger charge is 2.33. The maximum Gasteiger partial charge on any atom is 0.258 e. The summed E-state index contributed by atoms with van der Waals surface area (Å²) < 4.78 is 7.29. The van der Waals surface area contributed by atoms with Gasteiger partial charge in [0, 0.05) is 18.8 Å². The van der Waals surface area contributed by atoms with Crippen molar-refractivity contribution in [3.63, 3.8) is 0 Å². The molecule has 1 aliphatic carbocycles. The summed E-state index contributed by atoms with van der Waals surface area (Å²) in [5.74, 6) is 0.955. The minimum absolute atomic E-state index is 0.0113. The van der Waals surface area contributed by atoms with Gasteiger partial charge in [-0.3, -0.25) is 4.79 Å². The van der Waals surface area contributed by atoms with Gasteiger partial charge >= 0.3 is 0 Å². The van der Waals surface area contributed by atoms with Gasteiger partial charge in [0.1, 0.15) is 0 Å². The number of pyridine rings is 1. The number of rotatable bonds is 4. The minimum Gasteiger partial charge on any atom is -0.466 e. The Hall–Kier alpha value is -2.11. The van der Waals surface area contributed by atoms with Crippen molar-refractivity contribution in [3.05, 3.63) is 17.3 Å². The van der Waals surface area contributed by atoms with Crippen LogP contribution in [0.25, 0.3) is 11.0 Å². The van der Waals surface area contributed by atoms with Crippen molar-refractivity contribution in [2.45, 2.75) is 33.2 Å². The number of hydrogen-bond donors (Lipinski definition) is 1. The lowest BCUT2D eigenvalue weighted by Gasteiger charge is -2.05. The van der Waals surface area contributed by atoms with E-state index in [0.29, 0.717) is 17.8 Å². The van der Waals surface area contributed by atoms with Crippen molar-refractivity contribution >= 4 is 16.9 Å². The lowest BCUT2D eigenvalue weighted by Crippen LogP contribution is -2.31. The molecular weight excluding hydrogens is 268 g/mol. The summed E-state index contributed by atoms with van der Waals surface area (Å²) in [4.78, 5) is 16.3. The van der Waals surface area contributed by atoms with Crippen molar-refractivity contribution in [1.29, 1.82) is 0 Å². The summed E-state index contributed by atoms with van der Waals surface area (Å²) in [6, 6.07) is 2.30. The highest BCUT2D eigenvalue weighted by molar-refractivity contribution is 5.85. The van der Waals surface area contributed by atoms with Crippen LogP contribution >= 0.6 is 0 Å². The highest BCUT2D eigenvalue weighted by Crippen LogP contribution is 2.29. The fraction of sp³-hybridized carbons (Fsp3) is 0.533. The molecule has 0 bridgehead atoms. The monoisotopic (exact) mass is 288 g/mol. The molecule has 2 aromatic heterocycles. The number of hydrogen-bond acceptors (Lipinski definition) is 4. The third kappa shape index (κ3) is 2.70. The van der Waals surface area contributed by atoms with E-state index in [1.807, 2.05) is 27.0 Å². The molecule has 2 aromatic rings. The van der Waals surface area contributed by atoms with Gasteiger partial charge in [-0.05, 0) is 37.8 Å². The van der Waals surface area contributed by atoms with Crippen LogP contribution in [-0.2, 0) is 11.8 Å². The summed E-state index contributed by atoms with van der Waals surface area (Å²) in [5, 5.41) is 8.13. The van der Waals surface area contributed by atoms with Crippen molar-refractivity contribution in [2.75, 3.05) is 6.61 Å². The summed E-state index contributed by atoms with van der Waals surface area (Å²) in [7, 11) is 1.83. The Bertz CT molecular complexity index is 707. The lowest BCUT2D eigenvalue weighted by molar-refractivity contribution is -0.123. The zero-order valence-corrected chi connectivity index (χ0v) is 12.8. The van der Waals surface area contributed by atoms with E-state index in [4.69, 9.17) is 4.74 Å². The normalized spacial score (nSPS) is 20.6. The predicted molar refractivity (Wildman–Crippen MR) is 79.2 cm³/mol. The fourth-order valence-corrected chi connectivity index (χ4v) is 2.56. The SMILES string of the molecule is Cc1cc(C)c2c(OCC(=O)NC3CC3C)nn(C)c2n1. The number of carbonyl (C=O) groups is 1.